The number of nitrogens with zero attached hydrogens (tertiary/aromatic N) is 3. The van der Waals surface area contributed by atoms with Crippen LogP contribution in [0.25, 0.3) is 33.5 Å². The third-order valence-corrected chi connectivity index (χ3v) is 4.66. The van der Waals surface area contributed by atoms with E-state index in [0.717, 1.165) is 35.6 Å². The Balaban J connectivity index is 1.61. The van der Waals surface area contributed by atoms with Crippen molar-refractivity contribution in [2.24, 2.45) is 0 Å². The third-order valence-electron chi connectivity index (χ3n) is 3.78. The van der Waals surface area contributed by atoms with Gasteiger partial charge < -0.3 is 4.52 Å². The summed E-state index contributed by atoms with van der Waals surface area (Å²) in [6.45, 7) is 0. The summed E-state index contributed by atoms with van der Waals surface area (Å²) in [4.78, 5) is 8.33. The van der Waals surface area contributed by atoms with Crippen LogP contribution in [-0.4, -0.2) is 15.1 Å². The van der Waals surface area contributed by atoms with Gasteiger partial charge in [-0.05, 0) is 36.4 Å². The van der Waals surface area contributed by atoms with E-state index in [4.69, 9.17) is 4.52 Å². The van der Waals surface area contributed by atoms with Gasteiger partial charge in [-0.3, -0.25) is 0 Å². The smallest absolute Gasteiger partial charge is 0.334 e. The topological polar surface area (TPSA) is 51.8 Å². The first-order chi connectivity index (χ1) is 13.3. The van der Waals surface area contributed by atoms with Crippen LogP contribution < -0.4 is 0 Å². The van der Waals surface area contributed by atoms with Crippen molar-refractivity contribution < 1.29 is 26.5 Å². The van der Waals surface area contributed by atoms with Crippen molar-refractivity contribution in [1.82, 2.24) is 15.1 Å². The van der Waals surface area contributed by atoms with E-state index in [1.54, 1.807) is 5.38 Å². The summed E-state index contributed by atoms with van der Waals surface area (Å²) < 4.78 is 69.9. The molecule has 0 aliphatic rings. The van der Waals surface area contributed by atoms with Gasteiger partial charge >= 0.3 is 6.18 Å². The molecule has 0 atom stereocenters. The van der Waals surface area contributed by atoms with E-state index in [9.17, 15) is 22.0 Å². The molecule has 4 aromatic rings. The molecular formula is C18H8F5N3OS. The van der Waals surface area contributed by atoms with Gasteiger partial charge in [-0.1, -0.05) is 5.16 Å². The monoisotopic (exact) mass is 409 g/mol. The highest BCUT2D eigenvalue weighted by Crippen LogP contribution is 2.32. The van der Waals surface area contributed by atoms with Gasteiger partial charge in [0.15, 0.2) is 0 Å². The van der Waals surface area contributed by atoms with E-state index in [1.165, 1.54) is 18.2 Å². The van der Waals surface area contributed by atoms with Crippen LogP contribution in [0.4, 0.5) is 22.0 Å². The van der Waals surface area contributed by atoms with Crippen LogP contribution in [-0.2, 0) is 6.18 Å². The molecule has 10 heteroatoms. The molecule has 28 heavy (non-hydrogen) atoms. The molecule has 0 unspecified atom stereocenters. The lowest BCUT2D eigenvalue weighted by Crippen LogP contribution is -2.03. The number of thiazole rings is 1. The minimum Gasteiger partial charge on any atom is -0.334 e. The number of rotatable bonds is 3. The average molecular weight is 409 g/mol. The van der Waals surface area contributed by atoms with Crippen molar-refractivity contribution in [2.45, 2.75) is 6.18 Å². The Morgan fingerprint density at radius 2 is 1.68 bits per heavy atom. The third kappa shape index (κ3) is 3.50. The molecule has 0 saturated carbocycles. The Bertz CT molecular complexity index is 1130. The van der Waals surface area contributed by atoms with Gasteiger partial charge in [-0.25, -0.2) is 13.8 Å². The number of hydrogen-bond acceptors (Lipinski definition) is 5. The van der Waals surface area contributed by atoms with E-state index in [-0.39, 0.29) is 17.3 Å². The lowest BCUT2D eigenvalue weighted by atomic mass is 10.1. The van der Waals surface area contributed by atoms with Crippen molar-refractivity contribution in [3.63, 3.8) is 0 Å². The highest BCUT2D eigenvalue weighted by atomic mass is 32.1. The molecule has 0 aliphatic heterocycles. The number of hydrogen-bond donors (Lipinski definition) is 0. The van der Waals surface area contributed by atoms with E-state index < -0.39 is 23.4 Å². The highest BCUT2D eigenvalue weighted by Gasteiger charge is 2.30. The van der Waals surface area contributed by atoms with Gasteiger partial charge in [-0.15, -0.1) is 11.3 Å². The number of benzene rings is 2. The quantitative estimate of drug-likeness (QED) is 0.400. The maximum absolute atomic E-state index is 13.9. The Labute approximate surface area is 158 Å². The lowest BCUT2D eigenvalue weighted by Gasteiger charge is -2.05. The molecule has 2 heterocycles. The van der Waals surface area contributed by atoms with Gasteiger partial charge in [0.25, 0.3) is 5.89 Å². The number of alkyl halides is 3. The van der Waals surface area contributed by atoms with Crippen LogP contribution in [0.1, 0.15) is 5.56 Å². The maximum Gasteiger partial charge on any atom is 0.416 e. The molecule has 0 aliphatic carbocycles. The van der Waals surface area contributed by atoms with E-state index in [2.05, 4.69) is 15.1 Å². The second kappa shape index (κ2) is 6.79. The SMILES string of the molecule is Fc1ccc(-c2nc(-c3noc(-c4ccc(C(F)(F)F)cc4)n3)cs2)c(F)c1. The summed E-state index contributed by atoms with van der Waals surface area (Å²) in [5, 5.41) is 5.63. The van der Waals surface area contributed by atoms with Crippen molar-refractivity contribution in [2.75, 3.05) is 0 Å². The molecule has 0 amide bonds. The summed E-state index contributed by atoms with van der Waals surface area (Å²) >= 11 is 1.11. The van der Waals surface area contributed by atoms with Crippen molar-refractivity contribution >= 4 is 11.3 Å². The van der Waals surface area contributed by atoms with Crippen molar-refractivity contribution in [3.8, 4) is 33.5 Å². The molecule has 0 spiro atoms. The summed E-state index contributed by atoms with van der Waals surface area (Å²) in [5.74, 6) is -1.33. The molecule has 142 valence electrons. The molecule has 0 radical (unpaired) electrons. The molecule has 4 nitrogen and oxygen atoms in total. The standard InChI is InChI=1S/C18H8F5N3OS/c19-11-5-6-12(13(20)7-11)17-24-14(8-28-17)15-25-16(27-26-15)9-1-3-10(4-2-9)18(21,22)23/h1-8H. The van der Waals surface area contributed by atoms with Crippen LogP contribution in [0, 0.1) is 11.6 Å². The predicted octanol–water partition coefficient (Wildman–Crippen LogP) is 5.82. The summed E-state index contributed by atoms with van der Waals surface area (Å²) in [5.41, 5.74) is -0.0528. The Kier molecular flexibility index (Phi) is 4.42. The second-order valence-corrected chi connectivity index (χ2v) is 6.52. The molecule has 2 aromatic heterocycles. The first-order valence-corrected chi connectivity index (χ1v) is 8.62. The van der Waals surface area contributed by atoms with Gasteiger partial charge in [0.1, 0.15) is 22.3 Å². The van der Waals surface area contributed by atoms with Crippen LogP contribution >= 0.6 is 11.3 Å². The summed E-state index contributed by atoms with van der Waals surface area (Å²) in [6, 6.07) is 7.43. The molecule has 4 rings (SSSR count). The van der Waals surface area contributed by atoms with Crippen LogP contribution in [0.15, 0.2) is 52.4 Å². The maximum atomic E-state index is 13.9. The van der Waals surface area contributed by atoms with Crippen molar-refractivity contribution in [3.05, 3.63) is 65.0 Å². The fourth-order valence-corrected chi connectivity index (χ4v) is 3.23. The number of aromatic nitrogens is 3. The van der Waals surface area contributed by atoms with Crippen LogP contribution in [0.3, 0.4) is 0 Å². The molecule has 0 saturated heterocycles. The minimum atomic E-state index is -4.44. The average Bonchev–Trinajstić information content (AvgIpc) is 3.30. The largest absolute Gasteiger partial charge is 0.416 e. The molecule has 0 bridgehead atoms. The molecule has 2 aromatic carbocycles. The Morgan fingerprint density at radius 3 is 2.36 bits per heavy atom. The second-order valence-electron chi connectivity index (χ2n) is 5.66. The first kappa shape index (κ1) is 18.2. The normalized spacial score (nSPS) is 11.8. The van der Waals surface area contributed by atoms with Gasteiger partial charge in [-0.2, -0.15) is 18.2 Å². The Morgan fingerprint density at radius 1 is 0.929 bits per heavy atom. The fraction of sp³-hybridized carbons (Fsp3) is 0.0556. The molecular weight excluding hydrogens is 401 g/mol. The van der Waals surface area contributed by atoms with Gasteiger partial charge in [0.2, 0.25) is 5.82 Å². The summed E-state index contributed by atoms with van der Waals surface area (Å²) in [7, 11) is 0. The lowest BCUT2D eigenvalue weighted by molar-refractivity contribution is -0.137. The molecule has 0 fully saturated rings. The van der Waals surface area contributed by atoms with E-state index >= 15 is 0 Å². The summed E-state index contributed by atoms with van der Waals surface area (Å²) in [6.07, 6.45) is -4.44. The number of halogens is 5. The van der Waals surface area contributed by atoms with E-state index in [0.29, 0.717) is 16.3 Å². The minimum absolute atomic E-state index is 0.0197. The Hall–Kier alpha value is -3.14. The van der Waals surface area contributed by atoms with Crippen LogP contribution in [0.5, 0.6) is 0 Å². The van der Waals surface area contributed by atoms with E-state index in [1.807, 2.05) is 0 Å². The molecule has 0 N–H and O–H groups in total. The van der Waals surface area contributed by atoms with Crippen molar-refractivity contribution in [1.29, 1.82) is 0 Å². The zero-order chi connectivity index (χ0) is 19.9. The predicted molar refractivity (Wildman–Crippen MR) is 91.2 cm³/mol. The highest BCUT2D eigenvalue weighted by molar-refractivity contribution is 7.13. The van der Waals surface area contributed by atoms with Gasteiger partial charge in [0, 0.05) is 22.6 Å². The van der Waals surface area contributed by atoms with Gasteiger partial charge in [0.05, 0.1) is 5.56 Å². The zero-order valence-electron chi connectivity index (χ0n) is 13.7. The van der Waals surface area contributed by atoms with Crippen LogP contribution in [0.2, 0.25) is 0 Å². The fourth-order valence-electron chi connectivity index (χ4n) is 2.41. The zero-order valence-corrected chi connectivity index (χ0v) is 14.5. The first-order valence-electron chi connectivity index (χ1n) is 7.74.